The predicted molar refractivity (Wildman–Crippen MR) is 96.1 cm³/mol. The molecule has 0 aliphatic carbocycles. The van der Waals surface area contributed by atoms with Gasteiger partial charge in [0.1, 0.15) is 0 Å². The lowest BCUT2D eigenvalue weighted by Crippen LogP contribution is -2.07. The molecule has 2 aromatic rings. The van der Waals surface area contributed by atoms with Crippen LogP contribution in [0, 0.1) is 13.8 Å². The fourth-order valence-corrected chi connectivity index (χ4v) is 2.85. The number of benzene rings is 2. The lowest BCUT2D eigenvalue weighted by atomic mass is 10.0. The van der Waals surface area contributed by atoms with E-state index in [0.29, 0.717) is 6.04 Å². The smallest absolute Gasteiger partial charge is 0.0485 e. The normalized spacial score (nSPS) is 12.2. The molecule has 0 bridgehead atoms. The summed E-state index contributed by atoms with van der Waals surface area (Å²) in [7, 11) is 0. The Morgan fingerprint density at radius 1 is 1.05 bits per heavy atom. The molecule has 0 fully saturated rings. The summed E-state index contributed by atoms with van der Waals surface area (Å²) in [6.07, 6.45) is 2.36. The quantitative estimate of drug-likeness (QED) is 0.680. The molecule has 0 aromatic heterocycles. The van der Waals surface area contributed by atoms with Gasteiger partial charge >= 0.3 is 0 Å². The van der Waals surface area contributed by atoms with Crippen molar-refractivity contribution in [2.75, 3.05) is 5.32 Å². The van der Waals surface area contributed by atoms with Crippen molar-refractivity contribution in [2.45, 2.75) is 46.6 Å². The van der Waals surface area contributed by atoms with E-state index in [4.69, 9.17) is 0 Å². The Morgan fingerprint density at radius 3 is 2.14 bits per heavy atom. The van der Waals surface area contributed by atoms with Gasteiger partial charge in [-0.3, -0.25) is 0 Å². The average Bonchev–Trinajstić information content (AvgIpc) is 2.45. The van der Waals surface area contributed by atoms with Crippen LogP contribution in [0.4, 0.5) is 5.69 Å². The Bertz CT molecular complexity index is 578. The van der Waals surface area contributed by atoms with Gasteiger partial charge in [0, 0.05) is 16.2 Å². The SMILES string of the molecule is CCCc1ccc(C(C)Nc2cc(C)c(Br)c(C)c2)cc1. The molecule has 0 saturated carbocycles. The number of halogens is 1. The van der Waals surface area contributed by atoms with Crippen molar-refractivity contribution in [1.82, 2.24) is 0 Å². The highest BCUT2D eigenvalue weighted by molar-refractivity contribution is 9.10. The Balaban J connectivity index is 2.12. The summed E-state index contributed by atoms with van der Waals surface area (Å²) in [6.45, 7) is 8.69. The highest BCUT2D eigenvalue weighted by Gasteiger charge is 2.08. The first-order valence-corrected chi connectivity index (χ1v) is 8.42. The second-order valence-electron chi connectivity index (χ2n) is 5.78. The number of hydrogen-bond acceptors (Lipinski definition) is 1. The zero-order valence-electron chi connectivity index (χ0n) is 13.3. The van der Waals surface area contributed by atoms with Gasteiger partial charge in [0.05, 0.1) is 0 Å². The fraction of sp³-hybridized carbons (Fsp3) is 0.368. The Hall–Kier alpha value is -1.28. The van der Waals surface area contributed by atoms with E-state index >= 15 is 0 Å². The Morgan fingerprint density at radius 2 is 1.62 bits per heavy atom. The molecule has 0 aliphatic heterocycles. The number of rotatable bonds is 5. The van der Waals surface area contributed by atoms with Crippen molar-refractivity contribution in [2.24, 2.45) is 0 Å². The van der Waals surface area contributed by atoms with Crippen molar-refractivity contribution >= 4 is 21.6 Å². The van der Waals surface area contributed by atoms with Gasteiger partial charge in [-0.05, 0) is 61.6 Å². The first-order chi connectivity index (χ1) is 10.0. The fourth-order valence-electron chi connectivity index (χ4n) is 2.62. The summed E-state index contributed by atoms with van der Waals surface area (Å²) in [5.74, 6) is 0. The maximum Gasteiger partial charge on any atom is 0.0485 e. The molecule has 0 spiro atoms. The van der Waals surface area contributed by atoms with Crippen LogP contribution in [-0.2, 0) is 6.42 Å². The van der Waals surface area contributed by atoms with E-state index in [9.17, 15) is 0 Å². The van der Waals surface area contributed by atoms with Crippen molar-refractivity contribution in [3.05, 3.63) is 63.1 Å². The zero-order valence-corrected chi connectivity index (χ0v) is 14.9. The van der Waals surface area contributed by atoms with E-state index < -0.39 is 0 Å². The first kappa shape index (κ1) is 16.1. The Labute approximate surface area is 136 Å². The van der Waals surface area contributed by atoms with Crippen LogP contribution in [0.1, 0.15) is 48.6 Å². The van der Waals surface area contributed by atoms with Gasteiger partial charge in [-0.25, -0.2) is 0 Å². The third-order valence-electron chi connectivity index (χ3n) is 3.84. The highest BCUT2D eigenvalue weighted by atomic mass is 79.9. The van der Waals surface area contributed by atoms with E-state index in [1.54, 1.807) is 0 Å². The van der Waals surface area contributed by atoms with Crippen LogP contribution in [-0.4, -0.2) is 0 Å². The molecule has 0 heterocycles. The maximum absolute atomic E-state index is 3.62. The lowest BCUT2D eigenvalue weighted by Gasteiger charge is -2.18. The molecule has 0 saturated heterocycles. The van der Waals surface area contributed by atoms with Crippen molar-refractivity contribution in [3.63, 3.8) is 0 Å². The van der Waals surface area contributed by atoms with Crippen LogP contribution >= 0.6 is 15.9 Å². The minimum atomic E-state index is 0.306. The average molecular weight is 346 g/mol. The largest absolute Gasteiger partial charge is 0.379 e. The van der Waals surface area contributed by atoms with Crippen LogP contribution < -0.4 is 5.32 Å². The topological polar surface area (TPSA) is 12.0 Å². The molecule has 21 heavy (non-hydrogen) atoms. The number of aryl methyl sites for hydroxylation is 3. The zero-order chi connectivity index (χ0) is 15.4. The molecule has 0 radical (unpaired) electrons. The molecule has 1 unspecified atom stereocenters. The summed E-state index contributed by atoms with van der Waals surface area (Å²) in [6, 6.07) is 13.7. The molecule has 2 aromatic carbocycles. The van der Waals surface area contributed by atoms with Gasteiger partial charge in [-0.2, -0.15) is 0 Å². The molecule has 0 amide bonds. The first-order valence-electron chi connectivity index (χ1n) is 7.63. The minimum Gasteiger partial charge on any atom is -0.379 e. The van der Waals surface area contributed by atoms with Gasteiger partial charge in [-0.1, -0.05) is 53.5 Å². The molecule has 112 valence electrons. The summed E-state index contributed by atoms with van der Waals surface area (Å²) < 4.78 is 1.20. The lowest BCUT2D eigenvalue weighted by molar-refractivity contribution is 0.875. The highest BCUT2D eigenvalue weighted by Crippen LogP contribution is 2.27. The van der Waals surface area contributed by atoms with E-state index in [1.807, 2.05) is 0 Å². The molecular formula is C19H24BrN. The van der Waals surface area contributed by atoms with E-state index in [2.05, 4.69) is 85.3 Å². The second kappa shape index (κ2) is 7.13. The second-order valence-corrected chi connectivity index (χ2v) is 6.57. The molecule has 0 aliphatic rings. The van der Waals surface area contributed by atoms with Crippen LogP contribution in [0.25, 0.3) is 0 Å². The van der Waals surface area contributed by atoms with Crippen molar-refractivity contribution < 1.29 is 0 Å². The monoisotopic (exact) mass is 345 g/mol. The van der Waals surface area contributed by atoms with E-state index in [1.165, 1.54) is 38.8 Å². The van der Waals surface area contributed by atoms with Crippen LogP contribution in [0.2, 0.25) is 0 Å². The van der Waals surface area contributed by atoms with Crippen LogP contribution in [0.3, 0.4) is 0 Å². The third-order valence-corrected chi connectivity index (χ3v) is 5.09. The van der Waals surface area contributed by atoms with E-state index in [-0.39, 0.29) is 0 Å². The molecule has 2 heteroatoms. The van der Waals surface area contributed by atoms with Gasteiger partial charge in [-0.15, -0.1) is 0 Å². The van der Waals surface area contributed by atoms with Crippen LogP contribution in [0.5, 0.6) is 0 Å². The van der Waals surface area contributed by atoms with Crippen molar-refractivity contribution in [3.8, 4) is 0 Å². The summed E-state index contributed by atoms with van der Waals surface area (Å²) >= 11 is 3.62. The summed E-state index contributed by atoms with van der Waals surface area (Å²) in [5, 5.41) is 3.60. The Kier molecular flexibility index (Phi) is 5.46. The van der Waals surface area contributed by atoms with Crippen molar-refractivity contribution in [1.29, 1.82) is 0 Å². The van der Waals surface area contributed by atoms with Gasteiger partial charge in [0.25, 0.3) is 0 Å². The standard InChI is InChI=1S/C19H24BrN/c1-5-6-16-7-9-17(10-8-16)15(4)21-18-11-13(2)19(20)14(3)12-18/h7-12,15,21H,5-6H2,1-4H3. The number of hydrogen-bond donors (Lipinski definition) is 1. The molecule has 1 N–H and O–H groups in total. The molecule has 1 atom stereocenters. The number of anilines is 1. The summed E-state index contributed by atoms with van der Waals surface area (Å²) in [4.78, 5) is 0. The van der Waals surface area contributed by atoms with Gasteiger partial charge in [0.15, 0.2) is 0 Å². The minimum absolute atomic E-state index is 0.306. The maximum atomic E-state index is 3.62. The molecule has 2 rings (SSSR count). The van der Waals surface area contributed by atoms with Crippen LogP contribution in [0.15, 0.2) is 40.9 Å². The molecule has 1 nitrogen and oxygen atoms in total. The van der Waals surface area contributed by atoms with Gasteiger partial charge in [0.2, 0.25) is 0 Å². The molecular weight excluding hydrogens is 322 g/mol. The van der Waals surface area contributed by atoms with E-state index in [0.717, 1.165) is 6.42 Å². The van der Waals surface area contributed by atoms with Gasteiger partial charge < -0.3 is 5.32 Å². The summed E-state index contributed by atoms with van der Waals surface area (Å²) in [5.41, 5.74) is 6.46. The third kappa shape index (κ3) is 4.10. The predicted octanol–water partition coefficient (Wildman–Crippen LogP) is 6.19. The number of nitrogens with one attached hydrogen (secondary N) is 1.